The van der Waals surface area contributed by atoms with Crippen LogP contribution in [0.4, 0.5) is 0 Å². The zero-order valence-corrected chi connectivity index (χ0v) is 21.4. The number of benzene rings is 2. The smallest absolute Gasteiger partial charge is 0.0965 e. The van der Waals surface area contributed by atoms with Crippen LogP contribution in [-0.2, 0) is 0 Å². The van der Waals surface area contributed by atoms with Crippen LogP contribution >= 0.6 is 0 Å². The molecular weight excluding hydrogens is 490 g/mol. The van der Waals surface area contributed by atoms with E-state index in [2.05, 4.69) is 74.2 Å². The minimum absolute atomic E-state index is 0.800. The molecule has 0 bridgehead atoms. The van der Waals surface area contributed by atoms with Crippen LogP contribution < -0.4 is 0 Å². The Morgan fingerprint density at radius 2 is 1.07 bits per heavy atom. The van der Waals surface area contributed by atoms with Crippen LogP contribution in [0.15, 0.2) is 128 Å². The van der Waals surface area contributed by atoms with E-state index in [9.17, 15) is 0 Å². The molecule has 40 heavy (non-hydrogen) atoms. The molecule has 0 N–H and O–H groups in total. The van der Waals surface area contributed by atoms with Crippen molar-refractivity contribution < 1.29 is 0 Å². The molecule has 0 unspecified atom stereocenters. The number of pyridine rings is 5. The molecule has 0 saturated heterocycles. The lowest BCUT2D eigenvalue weighted by Gasteiger charge is -2.09. The van der Waals surface area contributed by atoms with Crippen molar-refractivity contribution in [3.8, 4) is 45.7 Å². The second-order valence-corrected chi connectivity index (χ2v) is 9.32. The molecular formula is C35H21N5. The number of fused-ring (bicyclic) bond motifs is 3. The molecule has 0 radical (unpaired) electrons. The van der Waals surface area contributed by atoms with Gasteiger partial charge in [-0.05, 0) is 71.8 Å². The topological polar surface area (TPSA) is 64.5 Å². The van der Waals surface area contributed by atoms with Crippen LogP contribution in [0.25, 0.3) is 55.7 Å². The van der Waals surface area contributed by atoms with Crippen molar-refractivity contribution in [1.82, 2.24) is 24.9 Å². The van der Waals surface area contributed by atoms with Gasteiger partial charge in [0.2, 0.25) is 0 Å². The molecule has 5 aromatic heterocycles. The van der Waals surface area contributed by atoms with E-state index in [-0.39, 0.29) is 0 Å². The first-order valence-electron chi connectivity index (χ1n) is 12.9. The van der Waals surface area contributed by atoms with Gasteiger partial charge in [0.15, 0.2) is 0 Å². The third kappa shape index (κ3) is 4.66. The van der Waals surface area contributed by atoms with Gasteiger partial charge in [-0.2, -0.15) is 0 Å². The highest BCUT2D eigenvalue weighted by atomic mass is 14.8. The van der Waals surface area contributed by atoms with E-state index in [1.54, 1.807) is 18.6 Å². The number of hydrogen-bond acceptors (Lipinski definition) is 5. The van der Waals surface area contributed by atoms with Crippen LogP contribution in [0.1, 0.15) is 11.1 Å². The average molecular weight is 512 g/mol. The lowest BCUT2D eigenvalue weighted by atomic mass is 10.0. The van der Waals surface area contributed by atoms with E-state index in [1.807, 2.05) is 66.9 Å². The molecule has 0 aliphatic heterocycles. The molecule has 0 spiro atoms. The summed E-state index contributed by atoms with van der Waals surface area (Å²) in [5.41, 5.74) is 8.92. The van der Waals surface area contributed by atoms with E-state index >= 15 is 0 Å². The maximum atomic E-state index is 4.86. The van der Waals surface area contributed by atoms with Gasteiger partial charge in [-0.3, -0.25) is 19.9 Å². The molecule has 5 nitrogen and oxygen atoms in total. The van der Waals surface area contributed by atoms with Gasteiger partial charge in [-0.1, -0.05) is 54.3 Å². The van der Waals surface area contributed by atoms with Crippen molar-refractivity contribution in [3.05, 3.63) is 139 Å². The Labute approximate surface area is 231 Å². The number of aromatic nitrogens is 5. The molecule has 0 amide bonds. The van der Waals surface area contributed by atoms with Gasteiger partial charge >= 0.3 is 0 Å². The van der Waals surface area contributed by atoms with E-state index in [0.29, 0.717) is 0 Å². The van der Waals surface area contributed by atoms with Crippen LogP contribution in [0.5, 0.6) is 0 Å². The first-order valence-corrected chi connectivity index (χ1v) is 12.9. The lowest BCUT2D eigenvalue weighted by molar-refractivity contribution is 1.22. The number of nitrogens with zero attached hydrogens (tertiary/aromatic N) is 5. The minimum Gasteiger partial charge on any atom is -0.255 e. The summed E-state index contributed by atoms with van der Waals surface area (Å²) < 4.78 is 0. The summed E-state index contributed by atoms with van der Waals surface area (Å²) in [7, 11) is 0. The maximum absolute atomic E-state index is 4.86. The van der Waals surface area contributed by atoms with Gasteiger partial charge < -0.3 is 0 Å². The Morgan fingerprint density at radius 3 is 1.77 bits per heavy atom. The lowest BCUT2D eigenvalue weighted by Crippen LogP contribution is -1.93. The Bertz CT molecular complexity index is 1980. The molecule has 0 aliphatic rings. The predicted molar refractivity (Wildman–Crippen MR) is 159 cm³/mol. The van der Waals surface area contributed by atoms with Crippen LogP contribution in [-0.4, -0.2) is 24.9 Å². The van der Waals surface area contributed by atoms with Crippen molar-refractivity contribution in [2.24, 2.45) is 0 Å². The molecule has 0 saturated carbocycles. The van der Waals surface area contributed by atoms with Crippen molar-refractivity contribution in [2.45, 2.75) is 0 Å². The van der Waals surface area contributed by atoms with E-state index in [4.69, 9.17) is 4.98 Å². The van der Waals surface area contributed by atoms with E-state index in [1.165, 1.54) is 0 Å². The summed E-state index contributed by atoms with van der Waals surface area (Å²) in [5.74, 6) is 6.54. The second kappa shape index (κ2) is 10.2. The van der Waals surface area contributed by atoms with Gasteiger partial charge in [0.25, 0.3) is 0 Å². The SMILES string of the molecule is C(#Cc1cnc2c(ccc3cccnc32)c1)c1ccc(-c2cc(-c3ccccn3)nc(-c3ccccn3)c2)cc1. The van der Waals surface area contributed by atoms with Crippen molar-refractivity contribution in [3.63, 3.8) is 0 Å². The van der Waals surface area contributed by atoms with Gasteiger partial charge in [-0.25, -0.2) is 4.98 Å². The normalized spacial score (nSPS) is 10.8. The third-order valence-electron chi connectivity index (χ3n) is 6.67. The molecule has 5 heterocycles. The predicted octanol–water partition coefficient (Wildman–Crippen LogP) is 7.37. The second-order valence-electron chi connectivity index (χ2n) is 9.32. The molecule has 0 aliphatic carbocycles. The average Bonchev–Trinajstić information content (AvgIpc) is 3.04. The van der Waals surface area contributed by atoms with Gasteiger partial charge in [0, 0.05) is 46.7 Å². The molecule has 0 atom stereocenters. The van der Waals surface area contributed by atoms with Crippen LogP contribution in [0, 0.1) is 11.8 Å². The zero-order valence-electron chi connectivity index (χ0n) is 21.4. The molecule has 7 aromatic rings. The van der Waals surface area contributed by atoms with Crippen LogP contribution in [0.3, 0.4) is 0 Å². The highest BCUT2D eigenvalue weighted by molar-refractivity contribution is 6.02. The first kappa shape index (κ1) is 23.4. The fourth-order valence-electron chi connectivity index (χ4n) is 4.68. The summed E-state index contributed by atoms with van der Waals surface area (Å²) in [5, 5.41) is 2.10. The Balaban J connectivity index is 1.21. The fraction of sp³-hybridized carbons (Fsp3) is 0. The van der Waals surface area contributed by atoms with Crippen LogP contribution in [0.2, 0.25) is 0 Å². The Kier molecular flexibility index (Phi) is 5.97. The van der Waals surface area contributed by atoms with Crippen molar-refractivity contribution in [2.75, 3.05) is 0 Å². The Morgan fingerprint density at radius 1 is 0.425 bits per heavy atom. The minimum atomic E-state index is 0.800. The summed E-state index contributed by atoms with van der Waals surface area (Å²) >= 11 is 0. The third-order valence-corrected chi connectivity index (χ3v) is 6.67. The first-order chi connectivity index (χ1) is 19.8. The fourth-order valence-corrected chi connectivity index (χ4v) is 4.68. The monoisotopic (exact) mass is 511 g/mol. The number of hydrogen-bond donors (Lipinski definition) is 0. The summed E-state index contributed by atoms with van der Waals surface area (Å²) in [6.07, 6.45) is 7.17. The van der Waals surface area contributed by atoms with Gasteiger partial charge in [0.1, 0.15) is 0 Å². The quantitative estimate of drug-likeness (QED) is 0.183. The van der Waals surface area contributed by atoms with E-state index in [0.717, 1.165) is 66.8 Å². The Hall–Kier alpha value is -5.73. The molecule has 186 valence electrons. The van der Waals surface area contributed by atoms with Gasteiger partial charge in [0.05, 0.1) is 33.8 Å². The highest BCUT2D eigenvalue weighted by Gasteiger charge is 2.10. The summed E-state index contributed by atoms with van der Waals surface area (Å²) in [6.45, 7) is 0. The highest BCUT2D eigenvalue weighted by Crippen LogP contribution is 2.29. The van der Waals surface area contributed by atoms with Crippen molar-refractivity contribution in [1.29, 1.82) is 0 Å². The molecule has 0 fully saturated rings. The molecule has 7 rings (SSSR count). The summed E-state index contributed by atoms with van der Waals surface area (Å²) in [4.78, 5) is 23.0. The number of rotatable bonds is 3. The summed E-state index contributed by atoms with van der Waals surface area (Å²) in [6, 6.07) is 34.2. The molecule has 2 aromatic carbocycles. The standard InChI is InChI=1S/C35H21N5/c1-3-17-36-30(7-1)32-21-29(22-33(40-32)31-8-2-4-18-37-31)26-13-11-24(12-14-26)9-10-25-20-28-16-15-27-6-5-19-38-34(27)35(28)39-23-25/h1-8,11-23H. The van der Waals surface area contributed by atoms with E-state index < -0.39 is 0 Å². The largest absolute Gasteiger partial charge is 0.255 e. The van der Waals surface area contributed by atoms with Crippen molar-refractivity contribution >= 4 is 21.8 Å². The zero-order chi connectivity index (χ0) is 26.7. The maximum Gasteiger partial charge on any atom is 0.0965 e. The van der Waals surface area contributed by atoms with Gasteiger partial charge in [-0.15, -0.1) is 0 Å². The molecule has 5 heteroatoms.